The number of nitrogens with zero attached hydrogens (tertiary/aromatic N) is 2. The summed E-state index contributed by atoms with van der Waals surface area (Å²) in [7, 11) is 0. The molecule has 2 heterocycles. The first-order chi connectivity index (χ1) is 44.0. The number of benzene rings is 12. The Bertz CT molecular complexity index is 4440. The van der Waals surface area contributed by atoms with Crippen molar-refractivity contribution >= 4 is 0 Å². The maximum atomic E-state index is 5.51. The molecule has 0 aliphatic heterocycles. The lowest BCUT2D eigenvalue weighted by Crippen LogP contribution is -1.94. The highest BCUT2D eigenvalue weighted by Gasteiger charge is 2.17. The third-order valence-electron chi connectivity index (χ3n) is 16.8. The van der Waals surface area contributed by atoms with Crippen molar-refractivity contribution in [2.45, 2.75) is 41.5 Å². The predicted molar refractivity (Wildman–Crippen MR) is 382 cm³/mol. The van der Waals surface area contributed by atoms with Gasteiger partial charge in [0.05, 0.1) is 22.8 Å². The molecule has 0 N–H and O–H groups in total. The first kappa shape index (κ1) is 58.0. The van der Waals surface area contributed by atoms with Crippen LogP contribution in [0.25, 0.3) is 134 Å². The highest BCUT2D eigenvalue weighted by molar-refractivity contribution is 5.88. The molecule has 0 spiro atoms. The third kappa shape index (κ3) is 13.6. The molecular weight excluding hydrogens is 1080 g/mol. The minimum atomic E-state index is 0.942. The van der Waals surface area contributed by atoms with Crippen LogP contribution < -0.4 is 0 Å². The Morgan fingerprint density at radius 2 is 0.344 bits per heavy atom. The van der Waals surface area contributed by atoms with E-state index in [1.165, 1.54) is 106 Å². The van der Waals surface area contributed by atoms with Gasteiger partial charge in [-0.05, 0) is 209 Å². The molecule has 0 saturated carbocycles. The highest BCUT2D eigenvalue weighted by atomic mass is 14.7. The first-order valence-electron chi connectivity index (χ1n) is 31.1. The average Bonchev–Trinajstić information content (AvgIpc) is 2.22. The molecule has 14 aromatic rings. The van der Waals surface area contributed by atoms with Crippen LogP contribution in [0, 0.1) is 41.5 Å². The Balaban J connectivity index is 0.000000173. The molecular formula is C88H70N2. The van der Waals surface area contributed by atoms with Crippen molar-refractivity contribution in [3.8, 4) is 134 Å². The van der Waals surface area contributed by atoms with Crippen molar-refractivity contribution in [1.82, 2.24) is 9.97 Å². The number of rotatable bonds is 12. The van der Waals surface area contributed by atoms with Crippen LogP contribution >= 0.6 is 0 Å². The summed E-state index contributed by atoms with van der Waals surface area (Å²) in [5.41, 5.74) is 34.6. The van der Waals surface area contributed by atoms with Crippen LogP contribution in [0.5, 0.6) is 0 Å². The summed E-state index contributed by atoms with van der Waals surface area (Å²) in [5, 5.41) is 0. The lowest BCUT2D eigenvalue weighted by atomic mass is 9.91. The van der Waals surface area contributed by atoms with Gasteiger partial charge in [-0.3, -0.25) is 0 Å². The summed E-state index contributed by atoms with van der Waals surface area (Å²) >= 11 is 0. The molecule has 0 unspecified atom stereocenters. The molecule has 0 fully saturated rings. The molecule has 90 heavy (non-hydrogen) atoms. The largest absolute Gasteiger partial charge is 0.248 e. The minimum absolute atomic E-state index is 0.942. The van der Waals surface area contributed by atoms with E-state index in [2.05, 4.69) is 351 Å². The van der Waals surface area contributed by atoms with Crippen LogP contribution in [0.2, 0.25) is 0 Å². The fourth-order valence-corrected chi connectivity index (χ4v) is 12.0. The first-order valence-corrected chi connectivity index (χ1v) is 31.1. The predicted octanol–water partition coefficient (Wildman–Crippen LogP) is 24.0. The SMILES string of the molecule is Cc1ccc(-c2cc(-c3ccc(C)cc3)cc(-c3cc(-c4ccccc4)cc(-c4ccccc4)n3)c2)cc1.Cc1cccc(-c2cc(-c3cccc(C)c3)cc(-c3cc(-c4ccccc4)cc(-c4cc(-c5cccc(C)c5)cc(-c5cccc(C)c5)c4)n3)c2)c1. The van der Waals surface area contributed by atoms with Gasteiger partial charge in [-0.2, -0.15) is 0 Å². The molecule has 2 heteroatoms. The number of hydrogen-bond donors (Lipinski definition) is 0. The number of aromatic nitrogens is 2. The molecule has 0 saturated heterocycles. The van der Waals surface area contributed by atoms with Gasteiger partial charge in [0, 0.05) is 22.3 Å². The van der Waals surface area contributed by atoms with Crippen molar-refractivity contribution < 1.29 is 0 Å². The fraction of sp³-hybridized carbons (Fsp3) is 0.0682. The van der Waals surface area contributed by atoms with E-state index >= 15 is 0 Å². The van der Waals surface area contributed by atoms with E-state index in [9.17, 15) is 0 Å². The number of aryl methyl sites for hydroxylation is 6. The Hall–Kier alpha value is -11.1. The second kappa shape index (κ2) is 26.1. The maximum absolute atomic E-state index is 5.51. The molecule has 0 aliphatic rings. The lowest BCUT2D eigenvalue weighted by molar-refractivity contribution is 1.32. The Kier molecular flexibility index (Phi) is 16.8. The second-order valence-electron chi connectivity index (χ2n) is 24.0. The van der Waals surface area contributed by atoms with Gasteiger partial charge in [0.1, 0.15) is 0 Å². The average molecular weight is 1160 g/mol. The van der Waals surface area contributed by atoms with Gasteiger partial charge in [-0.25, -0.2) is 9.97 Å². The summed E-state index contributed by atoms with van der Waals surface area (Å²) in [6.45, 7) is 12.9. The van der Waals surface area contributed by atoms with Crippen molar-refractivity contribution in [3.63, 3.8) is 0 Å². The van der Waals surface area contributed by atoms with E-state index in [-0.39, 0.29) is 0 Å². The zero-order chi connectivity index (χ0) is 61.5. The van der Waals surface area contributed by atoms with Gasteiger partial charge in [-0.1, -0.05) is 270 Å². The van der Waals surface area contributed by atoms with E-state index < -0.39 is 0 Å². The normalized spacial score (nSPS) is 11.0. The van der Waals surface area contributed by atoms with E-state index in [0.29, 0.717) is 0 Å². The maximum Gasteiger partial charge on any atom is 0.0716 e. The van der Waals surface area contributed by atoms with Gasteiger partial charge in [0.15, 0.2) is 0 Å². The highest BCUT2D eigenvalue weighted by Crippen LogP contribution is 2.40. The standard InChI is InChI=1S/C51H41N.C37H29N/c1-34-12-8-18-39(22-34)43-26-44(40-19-9-13-35(2)23-40)29-48(28-43)50-32-47(38-16-6-5-7-17-38)33-51(52-50)49-30-45(41-20-10-14-36(3)24-41)27-46(31-49)42-21-11-15-37(4)25-42;1-26-13-17-29(18-14-26)32-21-33(30-19-15-27(2)16-20-30)23-35(22-32)37-25-34(28-9-5-3-6-10-28)24-36(38-37)31-11-7-4-8-12-31/h5-33H,1-4H3;3-25H,1-2H3. The lowest BCUT2D eigenvalue weighted by Gasteiger charge is -2.16. The molecule has 0 amide bonds. The van der Waals surface area contributed by atoms with E-state index in [0.717, 1.165) is 61.7 Å². The molecule has 2 aromatic heterocycles. The second-order valence-corrected chi connectivity index (χ2v) is 24.0. The summed E-state index contributed by atoms with van der Waals surface area (Å²) in [4.78, 5) is 10.7. The molecule has 0 atom stereocenters. The van der Waals surface area contributed by atoms with Crippen molar-refractivity contribution in [3.05, 3.63) is 349 Å². The third-order valence-corrected chi connectivity index (χ3v) is 16.8. The van der Waals surface area contributed by atoms with E-state index in [1.807, 2.05) is 6.07 Å². The fourth-order valence-electron chi connectivity index (χ4n) is 12.0. The molecule has 2 nitrogen and oxygen atoms in total. The minimum Gasteiger partial charge on any atom is -0.248 e. The molecule has 0 bridgehead atoms. The zero-order valence-corrected chi connectivity index (χ0v) is 51.9. The van der Waals surface area contributed by atoms with Crippen molar-refractivity contribution in [2.24, 2.45) is 0 Å². The van der Waals surface area contributed by atoms with Crippen molar-refractivity contribution in [1.29, 1.82) is 0 Å². The Morgan fingerprint density at radius 1 is 0.133 bits per heavy atom. The van der Waals surface area contributed by atoms with E-state index in [1.54, 1.807) is 0 Å². The zero-order valence-electron chi connectivity index (χ0n) is 51.9. The molecule has 14 rings (SSSR count). The number of pyridine rings is 2. The monoisotopic (exact) mass is 1150 g/mol. The van der Waals surface area contributed by atoms with Crippen LogP contribution in [0.4, 0.5) is 0 Å². The Labute approximate surface area is 531 Å². The quantitative estimate of drug-likeness (QED) is 0.122. The molecule has 12 aromatic carbocycles. The van der Waals surface area contributed by atoms with Crippen LogP contribution in [0.3, 0.4) is 0 Å². The molecule has 0 radical (unpaired) electrons. The van der Waals surface area contributed by atoms with Gasteiger partial charge < -0.3 is 0 Å². The topological polar surface area (TPSA) is 25.8 Å². The number of hydrogen-bond acceptors (Lipinski definition) is 2. The van der Waals surface area contributed by atoms with Gasteiger partial charge in [-0.15, -0.1) is 0 Å². The Morgan fingerprint density at radius 3 is 0.622 bits per heavy atom. The van der Waals surface area contributed by atoms with Crippen LogP contribution in [0.15, 0.2) is 315 Å². The van der Waals surface area contributed by atoms with Gasteiger partial charge in [0.25, 0.3) is 0 Å². The van der Waals surface area contributed by atoms with E-state index in [4.69, 9.17) is 9.97 Å². The van der Waals surface area contributed by atoms with Crippen LogP contribution in [-0.2, 0) is 0 Å². The smallest absolute Gasteiger partial charge is 0.0716 e. The summed E-state index contributed by atoms with van der Waals surface area (Å²) in [6.07, 6.45) is 0. The molecule has 432 valence electrons. The molecule has 0 aliphatic carbocycles. The summed E-state index contributed by atoms with van der Waals surface area (Å²) < 4.78 is 0. The van der Waals surface area contributed by atoms with Crippen LogP contribution in [0.1, 0.15) is 33.4 Å². The summed E-state index contributed by atoms with van der Waals surface area (Å²) in [6, 6.07) is 114. The summed E-state index contributed by atoms with van der Waals surface area (Å²) in [5.74, 6) is 0. The van der Waals surface area contributed by atoms with Gasteiger partial charge >= 0.3 is 0 Å². The van der Waals surface area contributed by atoms with Crippen molar-refractivity contribution in [2.75, 3.05) is 0 Å². The van der Waals surface area contributed by atoms with Crippen LogP contribution in [-0.4, -0.2) is 9.97 Å². The van der Waals surface area contributed by atoms with Gasteiger partial charge in [0.2, 0.25) is 0 Å².